The fraction of sp³-hybridized carbons (Fsp3) is 0.0625. The van der Waals surface area contributed by atoms with Crippen molar-refractivity contribution in [3.05, 3.63) is 71.3 Å². The summed E-state index contributed by atoms with van der Waals surface area (Å²) in [5, 5.41) is 0.0594. The first kappa shape index (κ1) is 14.8. The number of fused-ring (bicyclic) bond motifs is 1. The summed E-state index contributed by atoms with van der Waals surface area (Å²) in [6, 6.07) is 12.0. The number of hydrogen-bond donors (Lipinski definition) is 0. The van der Waals surface area contributed by atoms with Crippen molar-refractivity contribution in [1.82, 2.24) is 5.06 Å². The molecule has 0 aromatic heterocycles. The zero-order valence-electron chi connectivity index (χ0n) is 11.5. The van der Waals surface area contributed by atoms with Crippen LogP contribution in [0.3, 0.4) is 0 Å². The van der Waals surface area contributed by atoms with Gasteiger partial charge < -0.3 is 4.84 Å². The zero-order chi connectivity index (χ0) is 16.6. The molecule has 2 aromatic carbocycles. The Morgan fingerprint density at radius 1 is 0.870 bits per heavy atom. The first-order valence-corrected chi connectivity index (χ1v) is 6.56. The Hall–Kier alpha value is -3.09. The third kappa shape index (κ3) is 2.36. The van der Waals surface area contributed by atoms with Crippen LogP contribution in [-0.4, -0.2) is 22.8 Å². The van der Waals surface area contributed by atoms with E-state index in [0.29, 0.717) is 0 Å². The number of carbonyl (C=O) groups is 3. The zero-order valence-corrected chi connectivity index (χ0v) is 11.5. The normalized spacial score (nSPS) is 13.9. The second kappa shape index (κ2) is 5.28. The fourth-order valence-corrected chi connectivity index (χ4v) is 2.16. The lowest BCUT2D eigenvalue weighted by molar-refractivity contribution is -0.198. The van der Waals surface area contributed by atoms with Crippen LogP contribution in [0.2, 0.25) is 0 Å². The number of carbonyl (C=O) groups excluding carboxylic acids is 3. The molecule has 1 aliphatic heterocycles. The van der Waals surface area contributed by atoms with Crippen LogP contribution in [0, 0.1) is 0 Å². The molecule has 0 unspecified atom stereocenters. The molecule has 0 aliphatic carbocycles. The van der Waals surface area contributed by atoms with Gasteiger partial charge in [0, 0.05) is 5.56 Å². The molecular weight excluding hydrogens is 308 g/mol. The van der Waals surface area contributed by atoms with Gasteiger partial charge in [0.25, 0.3) is 11.8 Å². The van der Waals surface area contributed by atoms with Crippen LogP contribution in [0.5, 0.6) is 0 Å². The summed E-state index contributed by atoms with van der Waals surface area (Å²) < 4.78 is 28.1. The molecule has 0 saturated carbocycles. The van der Waals surface area contributed by atoms with Crippen LogP contribution in [0.15, 0.2) is 54.6 Å². The van der Waals surface area contributed by atoms with E-state index in [1.54, 1.807) is 0 Å². The Balaban J connectivity index is 1.85. The van der Waals surface area contributed by atoms with E-state index in [4.69, 9.17) is 0 Å². The highest BCUT2D eigenvalue weighted by Gasteiger charge is 2.47. The molecule has 2 amide bonds. The van der Waals surface area contributed by atoms with Crippen molar-refractivity contribution in [3.8, 4) is 0 Å². The van der Waals surface area contributed by atoms with Crippen molar-refractivity contribution < 1.29 is 28.0 Å². The molecule has 23 heavy (non-hydrogen) atoms. The Morgan fingerprint density at radius 2 is 1.35 bits per heavy atom. The lowest BCUT2D eigenvalue weighted by Crippen LogP contribution is -2.38. The van der Waals surface area contributed by atoms with Crippen molar-refractivity contribution in [2.24, 2.45) is 0 Å². The summed E-state index contributed by atoms with van der Waals surface area (Å²) >= 11 is 0. The maximum absolute atomic E-state index is 14.1. The van der Waals surface area contributed by atoms with E-state index in [1.807, 2.05) is 0 Å². The maximum Gasteiger partial charge on any atom is 0.407 e. The number of benzene rings is 2. The molecule has 2 aromatic rings. The van der Waals surface area contributed by atoms with Crippen molar-refractivity contribution in [1.29, 1.82) is 0 Å². The largest absolute Gasteiger partial charge is 0.407 e. The molecule has 1 heterocycles. The molecule has 3 rings (SSSR count). The minimum absolute atomic E-state index is 0.00618. The second-order valence-electron chi connectivity index (χ2n) is 4.77. The third-order valence-corrected chi connectivity index (χ3v) is 3.32. The minimum atomic E-state index is -3.99. The first-order valence-electron chi connectivity index (χ1n) is 6.56. The molecule has 0 bridgehead atoms. The smallest absolute Gasteiger partial charge is 0.323 e. The highest BCUT2D eigenvalue weighted by molar-refractivity contribution is 6.20. The van der Waals surface area contributed by atoms with Gasteiger partial charge in [-0.1, -0.05) is 47.5 Å². The Bertz CT molecular complexity index is 770. The van der Waals surface area contributed by atoms with E-state index in [1.165, 1.54) is 42.5 Å². The van der Waals surface area contributed by atoms with Crippen molar-refractivity contribution >= 4 is 17.8 Å². The molecule has 7 heteroatoms. The molecule has 0 spiro atoms. The quantitative estimate of drug-likeness (QED) is 0.816. The fourth-order valence-electron chi connectivity index (χ4n) is 2.16. The highest BCUT2D eigenvalue weighted by atomic mass is 19.3. The van der Waals surface area contributed by atoms with E-state index < -0.39 is 29.3 Å². The molecular formula is C16H9F2NO4. The van der Waals surface area contributed by atoms with Crippen LogP contribution in [-0.2, 0) is 15.6 Å². The summed E-state index contributed by atoms with van der Waals surface area (Å²) in [4.78, 5) is 40.1. The number of hydroxylamine groups is 2. The van der Waals surface area contributed by atoms with Gasteiger partial charge in [0.2, 0.25) is 0 Å². The molecule has 116 valence electrons. The van der Waals surface area contributed by atoms with Crippen LogP contribution in [0.25, 0.3) is 0 Å². The van der Waals surface area contributed by atoms with Crippen molar-refractivity contribution in [2.45, 2.75) is 5.92 Å². The maximum atomic E-state index is 14.1. The summed E-state index contributed by atoms with van der Waals surface area (Å²) in [6.07, 6.45) is 0. The first-order chi connectivity index (χ1) is 10.9. The van der Waals surface area contributed by atoms with Gasteiger partial charge in [0.05, 0.1) is 11.1 Å². The molecule has 0 atom stereocenters. The lowest BCUT2D eigenvalue weighted by atomic mass is 10.1. The van der Waals surface area contributed by atoms with Crippen molar-refractivity contribution in [2.75, 3.05) is 0 Å². The Labute approximate surface area is 129 Å². The van der Waals surface area contributed by atoms with E-state index in [0.717, 1.165) is 12.1 Å². The molecule has 0 fully saturated rings. The van der Waals surface area contributed by atoms with Gasteiger partial charge in [-0.2, -0.15) is 8.78 Å². The van der Waals surface area contributed by atoms with Gasteiger partial charge >= 0.3 is 11.9 Å². The van der Waals surface area contributed by atoms with E-state index >= 15 is 0 Å². The summed E-state index contributed by atoms with van der Waals surface area (Å²) in [7, 11) is 0. The second-order valence-corrected chi connectivity index (χ2v) is 4.77. The van der Waals surface area contributed by atoms with Crippen molar-refractivity contribution in [3.63, 3.8) is 0 Å². The average Bonchev–Trinajstić information content (AvgIpc) is 2.81. The minimum Gasteiger partial charge on any atom is -0.323 e. The molecule has 0 N–H and O–H groups in total. The van der Waals surface area contributed by atoms with Gasteiger partial charge in [0.1, 0.15) is 0 Å². The predicted molar refractivity (Wildman–Crippen MR) is 73.4 cm³/mol. The van der Waals surface area contributed by atoms with Gasteiger partial charge in [-0.3, -0.25) is 9.59 Å². The van der Waals surface area contributed by atoms with E-state index in [9.17, 15) is 23.2 Å². The summed E-state index contributed by atoms with van der Waals surface area (Å²) in [5.74, 6) is -7.90. The van der Waals surface area contributed by atoms with E-state index in [-0.39, 0.29) is 16.2 Å². The predicted octanol–water partition coefficient (Wildman–Crippen LogP) is 2.53. The number of rotatable bonds is 3. The van der Waals surface area contributed by atoms with Crippen LogP contribution in [0.4, 0.5) is 8.78 Å². The Kier molecular flexibility index (Phi) is 3.40. The molecule has 0 saturated heterocycles. The van der Waals surface area contributed by atoms with Gasteiger partial charge in [-0.15, -0.1) is 0 Å². The number of imide groups is 1. The monoisotopic (exact) mass is 317 g/mol. The summed E-state index contributed by atoms with van der Waals surface area (Å²) in [6.45, 7) is 0. The van der Waals surface area contributed by atoms with Crippen LogP contribution < -0.4 is 0 Å². The third-order valence-electron chi connectivity index (χ3n) is 3.32. The highest BCUT2D eigenvalue weighted by Crippen LogP contribution is 2.31. The lowest BCUT2D eigenvalue weighted by Gasteiger charge is -2.18. The van der Waals surface area contributed by atoms with Crippen LogP contribution >= 0.6 is 0 Å². The molecule has 1 aliphatic rings. The molecule has 0 radical (unpaired) electrons. The van der Waals surface area contributed by atoms with E-state index in [2.05, 4.69) is 4.84 Å². The van der Waals surface area contributed by atoms with Gasteiger partial charge in [-0.25, -0.2) is 4.79 Å². The standard InChI is InChI=1S/C16H9F2NO4/c17-16(18,10-6-2-1-3-7-10)15(22)23-19-13(20)11-8-4-5-9-12(11)14(19)21/h1-9H. The average molecular weight is 317 g/mol. The van der Waals surface area contributed by atoms with Crippen LogP contribution in [0.1, 0.15) is 26.3 Å². The number of amides is 2. The Morgan fingerprint density at radius 3 is 1.87 bits per heavy atom. The number of alkyl halides is 2. The number of halogens is 2. The SMILES string of the molecule is O=C1c2ccccc2C(=O)N1OC(=O)C(F)(F)c1ccccc1. The number of nitrogens with zero attached hydrogens (tertiary/aromatic N) is 1. The number of hydrogen-bond acceptors (Lipinski definition) is 4. The summed E-state index contributed by atoms with van der Waals surface area (Å²) in [5.41, 5.74) is -0.608. The van der Waals surface area contributed by atoms with Gasteiger partial charge in [-0.05, 0) is 12.1 Å². The topological polar surface area (TPSA) is 63.7 Å². The van der Waals surface area contributed by atoms with Gasteiger partial charge in [0.15, 0.2) is 0 Å². The molecule has 5 nitrogen and oxygen atoms in total.